The van der Waals surface area contributed by atoms with Crippen molar-refractivity contribution in [3.63, 3.8) is 0 Å². The van der Waals surface area contributed by atoms with Crippen molar-refractivity contribution in [3.8, 4) is 5.69 Å². The second-order valence-corrected chi connectivity index (χ2v) is 6.81. The maximum Gasteiger partial charge on any atom is 0.308 e. The number of hydrogen-bond acceptors (Lipinski definition) is 3. The number of nitrogens with zero attached hydrogens (tertiary/aromatic N) is 3. The Hall–Kier alpha value is -2.15. The van der Waals surface area contributed by atoms with Gasteiger partial charge in [-0.1, -0.05) is 0 Å². The lowest BCUT2D eigenvalue weighted by Crippen LogP contribution is -2.29. The van der Waals surface area contributed by atoms with Crippen LogP contribution in [0, 0.1) is 19.8 Å². The monoisotopic (exact) mass is 391 g/mol. The van der Waals surface area contributed by atoms with Gasteiger partial charge in [-0.05, 0) is 60.5 Å². The lowest BCUT2D eigenvalue weighted by Gasteiger charge is -2.16. The number of halogens is 1. The summed E-state index contributed by atoms with van der Waals surface area (Å²) in [5.41, 5.74) is 3.34. The first kappa shape index (κ1) is 16.7. The van der Waals surface area contributed by atoms with Crippen molar-refractivity contribution >= 4 is 27.8 Å². The van der Waals surface area contributed by atoms with Crippen molar-refractivity contribution in [3.05, 3.63) is 45.7 Å². The van der Waals surface area contributed by atoms with Gasteiger partial charge in [0.15, 0.2) is 0 Å². The molecule has 7 heteroatoms. The first-order chi connectivity index (χ1) is 11.4. The van der Waals surface area contributed by atoms with Crippen LogP contribution in [0.3, 0.4) is 0 Å². The van der Waals surface area contributed by atoms with Crippen LogP contribution >= 0.6 is 15.9 Å². The Balaban J connectivity index is 1.78. The summed E-state index contributed by atoms with van der Waals surface area (Å²) in [5.74, 6) is -1.42. The van der Waals surface area contributed by atoms with Gasteiger partial charge in [0.25, 0.3) is 5.91 Å². The SMILES string of the molecule is Cc1nn(-c2ccc(C(=O)N3CCC(C(=O)O)C3)cc2)c(C)c1Br. The zero-order valence-corrected chi connectivity index (χ0v) is 15.1. The molecule has 1 saturated heterocycles. The molecule has 2 heterocycles. The van der Waals surface area contributed by atoms with Crippen molar-refractivity contribution in [1.82, 2.24) is 14.7 Å². The van der Waals surface area contributed by atoms with E-state index in [4.69, 9.17) is 5.11 Å². The van der Waals surface area contributed by atoms with E-state index in [2.05, 4.69) is 21.0 Å². The summed E-state index contributed by atoms with van der Waals surface area (Å²) in [6.07, 6.45) is 0.513. The molecular formula is C17H18BrN3O3. The molecule has 1 N–H and O–H groups in total. The summed E-state index contributed by atoms with van der Waals surface area (Å²) >= 11 is 3.50. The molecular weight excluding hydrogens is 374 g/mol. The highest BCUT2D eigenvalue weighted by molar-refractivity contribution is 9.10. The van der Waals surface area contributed by atoms with Gasteiger partial charge in [-0.2, -0.15) is 5.10 Å². The molecule has 1 atom stereocenters. The maximum absolute atomic E-state index is 12.5. The van der Waals surface area contributed by atoms with Gasteiger partial charge in [0.1, 0.15) is 0 Å². The average Bonchev–Trinajstić information content (AvgIpc) is 3.16. The van der Waals surface area contributed by atoms with Crippen LogP contribution in [0.1, 0.15) is 28.2 Å². The Morgan fingerprint density at radius 3 is 2.42 bits per heavy atom. The van der Waals surface area contributed by atoms with E-state index in [1.165, 1.54) is 0 Å². The Labute approximate surface area is 148 Å². The van der Waals surface area contributed by atoms with Crippen LogP contribution in [-0.4, -0.2) is 44.8 Å². The molecule has 0 radical (unpaired) electrons. The van der Waals surface area contributed by atoms with Gasteiger partial charge in [0, 0.05) is 18.7 Å². The number of aliphatic carboxylic acids is 1. The lowest BCUT2D eigenvalue weighted by molar-refractivity contribution is -0.141. The number of carboxylic acid groups (broad SMARTS) is 1. The van der Waals surface area contributed by atoms with Gasteiger partial charge in [-0.15, -0.1) is 0 Å². The zero-order chi connectivity index (χ0) is 17.4. The highest BCUT2D eigenvalue weighted by Gasteiger charge is 2.31. The number of carboxylic acids is 1. The fourth-order valence-corrected chi connectivity index (χ4v) is 3.20. The third-order valence-electron chi connectivity index (χ3n) is 4.39. The summed E-state index contributed by atoms with van der Waals surface area (Å²) in [4.78, 5) is 25.1. The smallest absolute Gasteiger partial charge is 0.308 e. The van der Waals surface area contributed by atoms with Gasteiger partial charge in [-0.3, -0.25) is 9.59 Å². The molecule has 126 valence electrons. The van der Waals surface area contributed by atoms with E-state index in [-0.39, 0.29) is 12.5 Å². The molecule has 1 amide bonds. The van der Waals surface area contributed by atoms with Crippen molar-refractivity contribution in [2.75, 3.05) is 13.1 Å². The molecule has 1 aliphatic heterocycles. The summed E-state index contributed by atoms with van der Waals surface area (Å²) < 4.78 is 2.80. The Morgan fingerprint density at radius 1 is 1.25 bits per heavy atom. The predicted octanol–water partition coefficient (Wildman–Crippen LogP) is 2.80. The number of carbonyl (C=O) groups excluding carboxylic acids is 1. The predicted molar refractivity (Wildman–Crippen MR) is 92.4 cm³/mol. The van der Waals surface area contributed by atoms with Gasteiger partial charge in [-0.25, -0.2) is 4.68 Å². The van der Waals surface area contributed by atoms with E-state index < -0.39 is 11.9 Å². The van der Waals surface area contributed by atoms with Crippen LogP contribution in [0.2, 0.25) is 0 Å². The summed E-state index contributed by atoms with van der Waals surface area (Å²) in [6, 6.07) is 7.22. The normalized spacial score (nSPS) is 17.3. The molecule has 2 aromatic rings. The third-order valence-corrected chi connectivity index (χ3v) is 5.53. The molecule has 1 aliphatic rings. The van der Waals surface area contributed by atoms with Crippen LogP contribution in [0.5, 0.6) is 0 Å². The minimum Gasteiger partial charge on any atom is -0.481 e. The Morgan fingerprint density at radius 2 is 1.92 bits per heavy atom. The zero-order valence-electron chi connectivity index (χ0n) is 13.5. The van der Waals surface area contributed by atoms with Crippen molar-refractivity contribution in [2.24, 2.45) is 5.92 Å². The Bertz CT molecular complexity index is 798. The van der Waals surface area contributed by atoms with Crippen LogP contribution in [0.4, 0.5) is 0 Å². The number of amides is 1. The van der Waals surface area contributed by atoms with Crippen molar-refractivity contribution < 1.29 is 14.7 Å². The molecule has 0 spiro atoms. The van der Waals surface area contributed by atoms with E-state index >= 15 is 0 Å². The number of carbonyl (C=O) groups is 2. The van der Waals surface area contributed by atoms with Gasteiger partial charge >= 0.3 is 5.97 Å². The van der Waals surface area contributed by atoms with E-state index in [9.17, 15) is 9.59 Å². The quantitative estimate of drug-likeness (QED) is 0.872. The maximum atomic E-state index is 12.5. The van der Waals surface area contributed by atoms with E-state index in [1.54, 1.807) is 17.0 Å². The van der Waals surface area contributed by atoms with E-state index in [1.807, 2.05) is 30.7 Å². The Kier molecular flexibility index (Phi) is 4.45. The van der Waals surface area contributed by atoms with Crippen LogP contribution < -0.4 is 0 Å². The first-order valence-electron chi connectivity index (χ1n) is 7.72. The lowest BCUT2D eigenvalue weighted by atomic mass is 10.1. The van der Waals surface area contributed by atoms with E-state index in [0.717, 1.165) is 21.5 Å². The molecule has 3 rings (SSSR count). The molecule has 0 aliphatic carbocycles. The molecule has 1 aromatic heterocycles. The van der Waals surface area contributed by atoms with Gasteiger partial charge in [0.2, 0.25) is 0 Å². The third kappa shape index (κ3) is 2.96. The molecule has 0 bridgehead atoms. The molecule has 1 aromatic carbocycles. The summed E-state index contributed by atoms with van der Waals surface area (Å²) in [5, 5.41) is 13.5. The fraction of sp³-hybridized carbons (Fsp3) is 0.353. The minimum atomic E-state index is -0.837. The fourth-order valence-electron chi connectivity index (χ4n) is 2.95. The number of aryl methyl sites for hydroxylation is 1. The molecule has 0 saturated carbocycles. The average molecular weight is 392 g/mol. The van der Waals surface area contributed by atoms with E-state index in [0.29, 0.717) is 18.5 Å². The summed E-state index contributed by atoms with van der Waals surface area (Å²) in [7, 11) is 0. The second kappa shape index (κ2) is 6.39. The number of likely N-dealkylation sites (tertiary alicyclic amines) is 1. The number of aromatic nitrogens is 2. The van der Waals surface area contributed by atoms with Crippen molar-refractivity contribution in [1.29, 1.82) is 0 Å². The minimum absolute atomic E-state index is 0.125. The highest BCUT2D eigenvalue weighted by atomic mass is 79.9. The molecule has 1 unspecified atom stereocenters. The van der Waals surface area contributed by atoms with Crippen LogP contribution in [-0.2, 0) is 4.79 Å². The highest BCUT2D eigenvalue weighted by Crippen LogP contribution is 2.24. The number of rotatable bonds is 3. The van der Waals surface area contributed by atoms with Crippen LogP contribution in [0.15, 0.2) is 28.7 Å². The van der Waals surface area contributed by atoms with Crippen LogP contribution in [0.25, 0.3) is 5.69 Å². The van der Waals surface area contributed by atoms with Gasteiger partial charge in [0.05, 0.1) is 27.5 Å². The molecule has 1 fully saturated rings. The largest absolute Gasteiger partial charge is 0.481 e. The molecule has 24 heavy (non-hydrogen) atoms. The standard InChI is InChI=1S/C17H18BrN3O3/c1-10-15(18)11(2)21(19-10)14-5-3-12(4-6-14)16(22)20-8-7-13(9-20)17(23)24/h3-6,13H,7-9H2,1-2H3,(H,23,24). The number of hydrogen-bond donors (Lipinski definition) is 1. The topological polar surface area (TPSA) is 75.4 Å². The summed E-state index contributed by atoms with van der Waals surface area (Å²) in [6.45, 7) is 4.67. The van der Waals surface area contributed by atoms with Crippen molar-refractivity contribution in [2.45, 2.75) is 20.3 Å². The first-order valence-corrected chi connectivity index (χ1v) is 8.52. The second-order valence-electron chi connectivity index (χ2n) is 6.02. The van der Waals surface area contributed by atoms with Gasteiger partial charge < -0.3 is 10.0 Å². The number of benzene rings is 1. The molecule has 6 nitrogen and oxygen atoms in total.